The Morgan fingerprint density at radius 3 is 2.61 bits per heavy atom. The number of hydrogen-bond acceptors (Lipinski definition) is 5. The molecule has 2 aromatic carbocycles. The molecule has 2 heterocycles. The molecule has 144 valence electrons. The average molecular weight is 377 g/mol. The summed E-state index contributed by atoms with van der Waals surface area (Å²) in [5, 5.41) is 4.09. The molecule has 1 amide bonds. The van der Waals surface area contributed by atoms with Gasteiger partial charge in [-0.25, -0.2) is 0 Å². The third-order valence-electron chi connectivity index (χ3n) is 4.85. The van der Waals surface area contributed by atoms with Gasteiger partial charge in [-0.15, -0.1) is 0 Å². The third-order valence-corrected chi connectivity index (χ3v) is 4.85. The largest absolute Gasteiger partial charge is 0.494 e. The van der Waals surface area contributed by atoms with E-state index in [-0.39, 0.29) is 5.91 Å². The quantitative estimate of drug-likeness (QED) is 0.658. The second-order valence-electron chi connectivity index (χ2n) is 6.81. The number of nitrogens with zero attached hydrogens (tertiary/aromatic N) is 3. The summed E-state index contributed by atoms with van der Waals surface area (Å²) in [7, 11) is 0. The minimum Gasteiger partial charge on any atom is -0.494 e. The second-order valence-corrected chi connectivity index (χ2v) is 6.81. The van der Waals surface area contributed by atoms with Gasteiger partial charge in [-0.05, 0) is 62.6 Å². The number of carbonyl (C=O) groups is 1. The van der Waals surface area contributed by atoms with Crippen LogP contribution in [0.3, 0.4) is 0 Å². The summed E-state index contributed by atoms with van der Waals surface area (Å²) >= 11 is 0. The van der Waals surface area contributed by atoms with Crippen LogP contribution >= 0.6 is 0 Å². The molecule has 28 heavy (non-hydrogen) atoms. The minimum absolute atomic E-state index is 0.0665. The molecule has 1 aliphatic rings. The number of piperidine rings is 1. The van der Waals surface area contributed by atoms with E-state index in [2.05, 4.69) is 10.1 Å². The van der Waals surface area contributed by atoms with Crippen molar-refractivity contribution in [2.45, 2.75) is 26.2 Å². The van der Waals surface area contributed by atoms with Crippen molar-refractivity contribution in [3.63, 3.8) is 0 Å². The molecule has 0 atom stereocenters. The van der Waals surface area contributed by atoms with E-state index < -0.39 is 0 Å². The van der Waals surface area contributed by atoms with Crippen molar-refractivity contribution in [1.29, 1.82) is 0 Å². The number of aromatic nitrogens is 2. The summed E-state index contributed by atoms with van der Waals surface area (Å²) in [6.07, 6.45) is 3.34. The Bertz CT molecular complexity index is 944. The number of likely N-dealkylation sites (tertiary alicyclic amines) is 1. The van der Waals surface area contributed by atoms with Crippen molar-refractivity contribution in [2.75, 3.05) is 19.7 Å². The first kappa shape index (κ1) is 18.2. The third kappa shape index (κ3) is 3.91. The molecule has 0 radical (unpaired) electrons. The van der Waals surface area contributed by atoms with Crippen LogP contribution in [0.5, 0.6) is 5.75 Å². The average Bonchev–Trinajstić information content (AvgIpc) is 3.25. The Hall–Kier alpha value is -3.15. The molecular formula is C22H23N3O3. The minimum atomic E-state index is 0.0665. The van der Waals surface area contributed by atoms with Gasteiger partial charge < -0.3 is 14.2 Å². The highest BCUT2D eigenvalue weighted by Crippen LogP contribution is 2.25. The normalized spacial score (nSPS) is 14.1. The maximum atomic E-state index is 12.7. The van der Waals surface area contributed by atoms with Crippen LogP contribution in [-0.4, -0.2) is 40.6 Å². The monoisotopic (exact) mass is 377 g/mol. The zero-order chi connectivity index (χ0) is 19.3. The smallest absolute Gasteiger partial charge is 0.258 e. The van der Waals surface area contributed by atoms with Crippen molar-refractivity contribution >= 4 is 5.91 Å². The lowest BCUT2D eigenvalue weighted by Gasteiger charge is -2.26. The van der Waals surface area contributed by atoms with Crippen molar-refractivity contribution in [3.05, 3.63) is 54.1 Å². The molecule has 0 N–H and O–H groups in total. The second kappa shape index (κ2) is 8.25. The molecule has 1 saturated heterocycles. The summed E-state index contributed by atoms with van der Waals surface area (Å²) in [5.74, 6) is 1.77. The Morgan fingerprint density at radius 2 is 1.86 bits per heavy atom. The highest BCUT2D eigenvalue weighted by Gasteiger charge is 2.19. The van der Waals surface area contributed by atoms with Crippen LogP contribution in [-0.2, 0) is 0 Å². The summed E-state index contributed by atoms with van der Waals surface area (Å²) < 4.78 is 10.9. The lowest BCUT2D eigenvalue weighted by atomic mass is 10.1. The molecule has 0 bridgehead atoms. The van der Waals surface area contributed by atoms with Crippen LogP contribution < -0.4 is 4.74 Å². The predicted molar refractivity (Wildman–Crippen MR) is 106 cm³/mol. The highest BCUT2D eigenvalue weighted by atomic mass is 16.5. The van der Waals surface area contributed by atoms with Crippen molar-refractivity contribution in [1.82, 2.24) is 15.0 Å². The van der Waals surface area contributed by atoms with E-state index in [4.69, 9.17) is 9.26 Å². The molecule has 1 aliphatic heterocycles. The van der Waals surface area contributed by atoms with Crippen LogP contribution in [0.15, 0.2) is 53.1 Å². The van der Waals surface area contributed by atoms with E-state index in [1.54, 1.807) is 0 Å². The van der Waals surface area contributed by atoms with Crippen LogP contribution in [0.1, 0.15) is 36.5 Å². The van der Waals surface area contributed by atoms with E-state index in [9.17, 15) is 4.79 Å². The topological polar surface area (TPSA) is 68.5 Å². The molecule has 3 aromatic rings. The van der Waals surface area contributed by atoms with Crippen molar-refractivity contribution < 1.29 is 14.1 Å². The fourth-order valence-corrected chi connectivity index (χ4v) is 3.39. The molecule has 1 aromatic heterocycles. The van der Waals surface area contributed by atoms with E-state index >= 15 is 0 Å². The van der Waals surface area contributed by atoms with Crippen LogP contribution in [0.25, 0.3) is 22.8 Å². The van der Waals surface area contributed by atoms with Crippen molar-refractivity contribution in [2.24, 2.45) is 0 Å². The molecule has 0 spiro atoms. The van der Waals surface area contributed by atoms with Crippen LogP contribution in [0.4, 0.5) is 0 Å². The molecule has 0 saturated carbocycles. The number of rotatable bonds is 5. The molecule has 4 rings (SSSR count). The van der Waals surface area contributed by atoms with Crippen LogP contribution in [0, 0.1) is 0 Å². The van der Waals surface area contributed by atoms with Crippen LogP contribution in [0.2, 0.25) is 0 Å². The van der Waals surface area contributed by atoms with Gasteiger partial charge in [0.15, 0.2) is 0 Å². The first-order valence-electron chi connectivity index (χ1n) is 9.71. The SMILES string of the molecule is CCOc1ccc(-c2nc(-c3cccc(C(=O)N4CCCCC4)c3)no2)cc1. The summed E-state index contributed by atoms with van der Waals surface area (Å²) in [4.78, 5) is 19.2. The van der Waals surface area contributed by atoms with E-state index in [0.717, 1.165) is 42.8 Å². The Morgan fingerprint density at radius 1 is 1.07 bits per heavy atom. The van der Waals surface area contributed by atoms with Gasteiger partial charge in [-0.3, -0.25) is 4.79 Å². The molecule has 6 heteroatoms. The Labute approximate surface area is 164 Å². The molecule has 6 nitrogen and oxygen atoms in total. The van der Waals surface area contributed by atoms with Crippen molar-refractivity contribution in [3.8, 4) is 28.6 Å². The van der Waals surface area contributed by atoms with E-state index in [1.807, 2.05) is 60.4 Å². The number of ether oxygens (including phenoxy) is 1. The molecule has 0 unspecified atom stereocenters. The van der Waals surface area contributed by atoms with Gasteiger partial charge in [0.2, 0.25) is 5.82 Å². The van der Waals surface area contributed by atoms with Gasteiger partial charge in [-0.1, -0.05) is 17.3 Å². The van der Waals surface area contributed by atoms with Gasteiger partial charge >= 0.3 is 0 Å². The zero-order valence-corrected chi connectivity index (χ0v) is 15.9. The van der Waals surface area contributed by atoms with Gasteiger partial charge in [0.1, 0.15) is 5.75 Å². The number of benzene rings is 2. The lowest BCUT2D eigenvalue weighted by Crippen LogP contribution is -2.35. The summed E-state index contributed by atoms with van der Waals surface area (Å²) in [6.45, 7) is 4.22. The zero-order valence-electron chi connectivity index (χ0n) is 15.9. The van der Waals surface area contributed by atoms with E-state index in [0.29, 0.717) is 23.9 Å². The number of carbonyl (C=O) groups excluding carboxylic acids is 1. The molecular weight excluding hydrogens is 354 g/mol. The Kier molecular flexibility index (Phi) is 5.37. The van der Waals surface area contributed by atoms with Gasteiger partial charge in [0.25, 0.3) is 11.8 Å². The number of hydrogen-bond donors (Lipinski definition) is 0. The molecule has 0 aliphatic carbocycles. The van der Waals surface area contributed by atoms with Gasteiger partial charge in [0, 0.05) is 29.8 Å². The number of amides is 1. The Balaban J connectivity index is 1.54. The fraction of sp³-hybridized carbons (Fsp3) is 0.318. The first-order valence-corrected chi connectivity index (χ1v) is 9.71. The van der Waals surface area contributed by atoms with E-state index in [1.165, 1.54) is 6.42 Å². The maximum absolute atomic E-state index is 12.7. The fourth-order valence-electron chi connectivity index (χ4n) is 3.39. The first-order chi connectivity index (χ1) is 13.7. The predicted octanol–water partition coefficient (Wildman–Crippen LogP) is 4.43. The van der Waals surface area contributed by atoms with Gasteiger partial charge in [-0.2, -0.15) is 4.98 Å². The molecule has 1 fully saturated rings. The summed E-state index contributed by atoms with van der Waals surface area (Å²) in [6, 6.07) is 15.0. The maximum Gasteiger partial charge on any atom is 0.258 e. The standard InChI is InChI=1S/C22H23N3O3/c1-2-27-19-11-9-16(10-12-19)21-23-20(24-28-21)17-7-6-8-18(15-17)22(26)25-13-4-3-5-14-25/h6-12,15H,2-5,13-14H2,1H3. The summed E-state index contributed by atoms with van der Waals surface area (Å²) in [5.41, 5.74) is 2.25. The lowest BCUT2D eigenvalue weighted by molar-refractivity contribution is 0.0724. The van der Waals surface area contributed by atoms with Gasteiger partial charge in [0.05, 0.1) is 6.61 Å². The highest BCUT2D eigenvalue weighted by molar-refractivity contribution is 5.95.